The Morgan fingerprint density at radius 1 is 0.344 bits per heavy atom. The molecule has 13 atom stereocenters. The summed E-state index contributed by atoms with van der Waals surface area (Å²) in [5.74, 6) is -17.4. The normalized spacial score (nSPS) is 15.3. The minimum atomic E-state index is -1.80. The molecule has 0 saturated carbocycles. The summed E-state index contributed by atoms with van der Waals surface area (Å²) in [4.78, 5) is 202. The third-order valence-corrected chi connectivity index (χ3v) is 15.8. The molecule has 0 aliphatic rings. The molecule has 0 saturated heterocycles. The molecule has 0 radical (unpaired) electrons. The van der Waals surface area contributed by atoms with Crippen LogP contribution in [0.2, 0.25) is 0 Å². The second-order valence-electron chi connectivity index (χ2n) is 25.5. The van der Waals surface area contributed by atoms with Gasteiger partial charge in [0.1, 0.15) is 66.5 Å². The van der Waals surface area contributed by atoms with Gasteiger partial charge >= 0.3 is 11.9 Å². The molecule has 34 heteroatoms. The highest BCUT2D eigenvalue weighted by atomic mass is 16.4. The van der Waals surface area contributed by atoms with Gasteiger partial charge in [0.05, 0.1) is 19.4 Å². The average Bonchev–Trinajstić information content (AvgIpc) is 0.976. The molecule has 0 spiro atoms. The summed E-state index contributed by atoms with van der Waals surface area (Å²) in [7, 11) is 0. The fraction of sp³-hybridized carbons (Fsp3) is 0.758. The van der Waals surface area contributed by atoms with E-state index in [9.17, 15) is 82.1 Å². The highest BCUT2D eigenvalue weighted by Gasteiger charge is 2.39. The zero-order valence-corrected chi connectivity index (χ0v) is 57.6. The number of nitrogens with two attached hydrogens (primary N) is 6. The Morgan fingerprint density at radius 2 is 0.656 bits per heavy atom. The molecular weight excluding hydrogens is 1250 g/mol. The van der Waals surface area contributed by atoms with Gasteiger partial charge in [-0.1, -0.05) is 82.1 Å². The van der Waals surface area contributed by atoms with E-state index in [1.807, 2.05) is 0 Å². The van der Waals surface area contributed by atoms with Crippen LogP contribution in [-0.2, 0) is 71.9 Å². The van der Waals surface area contributed by atoms with Crippen molar-refractivity contribution in [1.29, 1.82) is 0 Å². The number of carbonyl (C=O) groups is 15. The van der Waals surface area contributed by atoms with Crippen LogP contribution in [-0.4, -0.2) is 192 Å². The number of carboxylic acids is 2. The third kappa shape index (κ3) is 34.5. The first-order valence-electron chi connectivity index (χ1n) is 33.2. The Labute approximate surface area is 562 Å². The summed E-state index contributed by atoms with van der Waals surface area (Å²) in [6, 6.07) is -16.2. The van der Waals surface area contributed by atoms with Crippen LogP contribution in [0.25, 0.3) is 0 Å². The van der Waals surface area contributed by atoms with E-state index in [4.69, 9.17) is 34.4 Å². The van der Waals surface area contributed by atoms with Crippen molar-refractivity contribution in [3.8, 4) is 0 Å². The van der Waals surface area contributed by atoms with E-state index in [0.29, 0.717) is 32.2 Å². The Morgan fingerprint density at radius 3 is 1.04 bits per heavy atom. The quantitative estimate of drug-likeness (QED) is 0.0260. The first-order chi connectivity index (χ1) is 45.0. The van der Waals surface area contributed by atoms with Crippen molar-refractivity contribution in [2.45, 2.75) is 245 Å². The Kier molecular flexibility index (Phi) is 43.0. The Hall–Kier alpha value is -8.11. The maximum Gasteiger partial charge on any atom is 0.326 e. The van der Waals surface area contributed by atoms with Crippen molar-refractivity contribution in [1.82, 2.24) is 58.5 Å². The van der Waals surface area contributed by atoms with Crippen LogP contribution >= 0.6 is 0 Å². The largest absolute Gasteiger partial charge is 0.481 e. The molecule has 0 rings (SSSR count). The zero-order valence-electron chi connectivity index (χ0n) is 57.6. The average molecular weight is 1370 g/mol. The molecule has 0 aromatic heterocycles. The van der Waals surface area contributed by atoms with Gasteiger partial charge in [-0.15, -0.1) is 0 Å². The molecule has 0 bridgehead atoms. The lowest BCUT2D eigenvalue weighted by Crippen LogP contribution is -2.62. The number of hydrogen-bond donors (Lipinski definition) is 19. The van der Waals surface area contributed by atoms with Crippen LogP contribution in [0.5, 0.6) is 0 Å². The van der Waals surface area contributed by atoms with E-state index in [1.54, 1.807) is 69.2 Å². The highest BCUT2D eigenvalue weighted by Crippen LogP contribution is 2.17. The van der Waals surface area contributed by atoms with Crippen molar-refractivity contribution in [2.75, 3.05) is 26.2 Å². The summed E-state index contributed by atoms with van der Waals surface area (Å²) in [5, 5.41) is 47.2. The van der Waals surface area contributed by atoms with Crippen LogP contribution in [0.3, 0.4) is 0 Å². The number of hydrogen-bond acceptors (Lipinski definition) is 19. The van der Waals surface area contributed by atoms with E-state index >= 15 is 0 Å². The zero-order chi connectivity index (χ0) is 73.5. The third-order valence-electron chi connectivity index (χ3n) is 15.8. The van der Waals surface area contributed by atoms with Crippen molar-refractivity contribution in [3.05, 3.63) is 0 Å². The smallest absolute Gasteiger partial charge is 0.326 e. The fourth-order valence-corrected chi connectivity index (χ4v) is 9.86. The molecule has 34 nitrogen and oxygen atoms in total. The summed E-state index contributed by atoms with van der Waals surface area (Å²) in [6.45, 7) is 16.9. The molecule has 0 fully saturated rings. The lowest BCUT2D eigenvalue weighted by Gasteiger charge is -2.31. The SMILES string of the molecule is CCC(C)C(NC(=O)C(CCC(N)=O)NC(=O)C(NC(=O)C(CCCCN)NC(=O)CN)C(C)C)C(=O)NC(C(=O)NC(CC(N)=O)C(=O)NC(CCCCN)C(=O)NC(CCCCN)C(=O)NC(CC(C)C)C(=O)NC(CC(=O)O)C(=O)NC(CC(C)C)C(=O)O)C(C)CC. The van der Waals surface area contributed by atoms with Gasteiger partial charge < -0.3 is 103 Å². The highest BCUT2D eigenvalue weighted by molar-refractivity contribution is 6.00. The second-order valence-corrected chi connectivity index (χ2v) is 25.5. The van der Waals surface area contributed by atoms with Crippen molar-refractivity contribution in [3.63, 3.8) is 0 Å². The summed E-state index contributed by atoms with van der Waals surface area (Å²) in [6.07, 6.45) is -0.0294. The van der Waals surface area contributed by atoms with Crippen LogP contribution in [0.4, 0.5) is 0 Å². The number of carboxylic acid groups (broad SMARTS) is 2. The van der Waals surface area contributed by atoms with Crippen LogP contribution in [0.1, 0.15) is 178 Å². The van der Waals surface area contributed by atoms with Crippen LogP contribution in [0, 0.1) is 29.6 Å². The predicted molar refractivity (Wildman–Crippen MR) is 354 cm³/mol. The number of primary amides is 2. The molecule has 13 unspecified atom stereocenters. The van der Waals surface area contributed by atoms with E-state index in [0.717, 1.165) is 0 Å². The van der Waals surface area contributed by atoms with Crippen LogP contribution < -0.4 is 92.9 Å². The van der Waals surface area contributed by atoms with Gasteiger partial charge in [-0.05, 0) is 126 Å². The molecule has 548 valence electrons. The lowest BCUT2D eigenvalue weighted by atomic mass is 9.94. The Balaban J connectivity index is 7.13. The standard InChI is InChI=1S/C62H113N17O17/c1-11-35(9)50(79-61(94)51(36(10)12-2)78-55(88)40(22-23-45(67)80)72-59(92)49(34(7)8)77-54(87)37(19-13-16-24-63)69-47(82)31-66)60(93)75-42(29-46(68)81)57(90)71-38(20-14-17-25-64)52(85)70-39(21-15-18-26-65)53(86)73-41(27-32(3)4)56(89)74-43(30-48(83)84)58(91)76-44(62(95)96)28-33(5)6/h32-44,49-51H,11-31,63-66H2,1-10H3,(H2,67,80)(H2,68,81)(H,69,82)(H,70,85)(H,71,90)(H,72,92)(H,73,86)(H,74,89)(H,75,93)(H,76,91)(H,77,87)(H,78,88)(H,79,94)(H,83,84)(H,95,96). The van der Waals surface area contributed by atoms with Crippen molar-refractivity contribution < 1.29 is 82.1 Å². The van der Waals surface area contributed by atoms with Gasteiger partial charge in [0.25, 0.3) is 0 Å². The number of unbranched alkanes of at least 4 members (excludes halogenated alkanes) is 3. The van der Waals surface area contributed by atoms with Gasteiger partial charge in [-0.2, -0.15) is 0 Å². The number of aliphatic carboxylic acids is 2. The summed E-state index contributed by atoms with van der Waals surface area (Å²) in [5.41, 5.74) is 33.7. The minimum absolute atomic E-state index is 0.0168. The van der Waals surface area contributed by atoms with Gasteiger partial charge in [0, 0.05) is 6.42 Å². The van der Waals surface area contributed by atoms with E-state index < -0.39 is 199 Å². The van der Waals surface area contributed by atoms with Crippen molar-refractivity contribution >= 4 is 88.7 Å². The molecule has 13 amide bonds. The van der Waals surface area contributed by atoms with Gasteiger partial charge in [0.2, 0.25) is 76.8 Å². The van der Waals surface area contributed by atoms with E-state index in [-0.39, 0.29) is 89.1 Å². The van der Waals surface area contributed by atoms with E-state index in [2.05, 4.69) is 58.5 Å². The summed E-state index contributed by atoms with van der Waals surface area (Å²) >= 11 is 0. The monoisotopic (exact) mass is 1370 g/mol. The number of carbonyl (C=O) groups excluding carboxylic acids is 13. The maximum absolute atomic E-state index is 14.5. The molecule has 0 heterocycles. The Bertz CT molecular complexity index is 2580. The molecule has 0 aliphatic carbocycles. The minimum Gasteiger partial charge on any atom is -0.481 e. The molecule has 0 aliphatic heterocycles. The van der Waals surface area contributed by atoms with Gasteiger partial charge in [0.15, 0.2) is 0 Å². The first-order valence-corrected chi connectivity index (χ1v) is 33.2. The molecule has 0 aromatic rings. The fourth-order valence-electron chi connectivity index (χ4n) is 9.86. The van der Waals surface area contributed by atoms with Gasteiger partial charge in [-0.25, -0.2) is 4.79 Å². The predicted octanol–water partition coefficient (Wildman–Crippen LogP) is -3.79. The van der Waals surface area contributed by atoms with Gasteiger partial charge in [-0.3, -0.25) is 67.1 Å². The second kappa shape index (κ2) is 46.9. The maximum atomic E-state index is 14.5. The molecule has 96 heavy (non-hydrogen) atoms. The molecule has 0 aromatic carbocycles. The topological polar surface area (TPSA) is 585 Å². The van der Waals surface area contributed by atoms with Crippen LogP contribution in [0.15, 0.2) is 0 Å². The summed E-state index contributed by atoms with van der Waals surface area (Å²) < 4.78 is 0. The van der Waals surface area contributed by atoms with E-state index in [1.165, 1.54) is 0 Å². The molecule has 25 N–H and O–H groups in total. The number of amides is 13. The number of nitrogens with one attached hydrogen (secondary N) is 11. The first kappa shape index (κ1) is 87.9. The molecular formula is C62H113N17O17. The van der Waals surface area contributed by atoms with Crippen molar-refractivity contribution in [2.24, 2.45) is 64.0 Å². The lowest BCUT2D eigenvalue weighted by molar-refractivity contribution is -0.144. The number of rotatable bonds is 51.